The highest BCUT2D eigenvalue weighted by Crippen LogP contribution is 2.28. The standard InChI is InChI=1S/C22H23FN4O2/c1-15-3-2-4-17(13-15)21-25-22(29-26-21)16-9-11-27(12-10-16)14-20(28)24-19-7-5-18(23)6-8-19/h2-8,13,16H,9-12,14H2,1H3,(H,24,28). The number of halogens is 1. The van der Waals surface area contributed by atoms with Crippen LogP contribution in [-0.2, 0) is 4.79 Å². The van der Waals surface area contributed by atoms with Crippen molar-refractivity contribution in [1.29, 1.82) is 0 Å². The smallest absolute Gasteiger partial charge is 0.238 e. The molecule has 7 heteroatoms. The average Bonchev–Trinajstić information content (AvgIpc) is 3.21. The average molecular weight is 394 g/mol. The molecule has 0 saturated carbocycles. The van der Waals surface area contributed by atoms with Crippen LogP contribution >= 0.6 is 0 Å². The zero-order valence-corrected chi connectivity index (χ0v) is 16.3. The van der Waals surface area contributed by atoms with Gasteiger partial charge in [0.25, 0.3) is 0 Å². The van der Waals surface area contributed by atoms with E-state index in [0.717, 1.165) is 37.1 Å². The van der Waals surface area contributed by atoms with E-state index in [9.17, 15) is 9.18 Å². The highest BCUT2D eigenvalue weighted by Gasteiger charge is 2.26. The molecule has 0 atom stereocenters. The Morgan fingerprint density at radius 2 is 1.97 bits per heavy atom. The molecule has 4 rings (SSSR count). The maximum atomic E-state index is 13.0. The van der Waals surface area contributed by atoms with Crippen molar-refractivity contribution in [2.45, 2.75) is 25.7 Å². The molecule has 1 aliphatic rings. The minimum Gasteiger partial charge on any atom is -0.339 e. The number of aryl methyl sites for hydroxylation is 1. The van der Waals surface area contributed by atoms with Crippen LogP contribution in [-0.4, -0.2) is 40.6 Å². The van der Waals surface area contributed by atoms with Gasteiger partial charge in [-0.15, -0.1) is 0 Å². The number of amides is 1. The first-order chi connectivity index (χ1) is 14.1. The van der Waals surface area contributed by atoms with Gasteiger partial charge in [0.1, 0.15) is 5.82 Å². The molecule has 1 amide bonds. The van der Waals surface area contributed by atoms with E-state index in [4.69, 9.17) is 4.52 Å². The summed E-state index contributed by atoms with van der Waals surface area (Å²) in [6.07, 6.45) is 1.72. The second-order valence-corrected chi connectivity index (χ2v) is 7.43. The fourth-order valence-corrected chi connectivity index (χ4v) is 3.58. The fraction of sp³-hybridized carbons (Fsp3) is 0.318. The molecule has 0 unspecified atom stereocenters. The van der Waals surface area contributed by atoms with Gasteiger partial charge in [0.15, 0.2) is 0 Å². The van der Waals surface area contributed by atoms with Crippen molar-refractivity contribution in [1.82, 2.24) is 15.0 Å². The molecule has 2 heterocycles. The lowest BCUT2D eigenvalue weighted by atomic mass is 9.97. The summed E-state index contributed by atoms with van der Waals surface area (Å²) in [5.41, 5.74) is 2.71. The maximum Gasteiger partial charge on any atom is 0.238 e. The molecule has 0 radical (unpaired) electrons. The molecule has 1 aromatic heterocycles. The number of anilines is 1. The Hall–Kier alpha value is -3.06. The summed E-state index contributed by atoms with van der Waals surface area (Å²) in [6.45, 7) is 3.91. The highest BCUT2D eigenvalue weighted by atomic mass is 19.1. The summed E-state index contributed by atoms with van der Waals surface area (Å²) < 4.78 is 18.5. The molecule has 1 saturated heterocycles. The Kier molecular flexibility index (Phi) is 5.67. The third kappa shape index (κ3) is 4.86. The SMILES string of the molecule is Cc1cccc(-c2noc(C3CCN(CC(=O)Nc4ccc(F)cc4)CC3)n2)c1. The summed E-state index contributed by atoms with van der Waals surface area (Å²) in [7, 11) is 0. The van der Waals surface area contributed by atoms with Crippen LogP contribution in [0.1, 0.15) is 30.2 Å². The van der Waals surface area contributed by atoms with Crippen LogP contribution in [0.25, 0.3) is 11.4 Å². The number of carbonyl (C=O) groups is 1. The van der Waals surface area contributed by atoms with E-state index in [1.54, 1.807) is 12.1 Å². The number of piperidine rings is 1. The fourth-order valence-electron chi connectivity index (χ4n) is 3.58. The lowest BCUT2D eigenvalue weighted by Gasteiger charge is -2.29. The Bertz CT molecular complexity index is 978. The Labute approximate surface area is 168 Å². The number of nitrogens with one attached hydrogen (secondary N) is 1. The minimum atomic E-state index is -0.323. The second-order valence-electron chi connectivity index (χ2n) is 7.43. The summed E-state index contributed by atoms with van der Waals surface area (Å²) >= 11 is 0. The van der Waals surface area contributed by atoms with Crippen molar-refractivity contribution in [3.63, 3.8) is 0 Å². The minimum absolute atomic E-state index is 0.102. The zero-order chi connectivity index (χ0) is 20.2. The van der Waals surface area contributed by atoms with Gasteiger partial charge in [-0.2, -0.15) is 4.98 Å². The molecule has 150 valence electrons. The van der Waals surface area contributed by atoms with Crippen LogP contribution in [0.4, 0.5) is 10.1 Å². The topological polar surface area (TPSA) is 71.3 Å². The molecule has 1 fully saturated rings. The van der Waals surface area contributed by atoms with Gasteiger partial charge in [0.05, 0.1) is 6.54 Å². The lowest BCUT2D eigenvalue weighted by Crippen LogP contribution is -2.38. The van der Waals surface area contributed by atoms with E-state index in [-0.39, 0.29) is 17.6 Å². The third-order valence-electron chi connectivity index (χ3n) is 5.15. The van der Waals surface area contributed by atoms with Gasteiger partial charge in [-0.25, -0.2) is 4.39 Å². The summed E-state index contributed by atoms with van der Waals surface area (Å²) in [4.78, 5) is 18.9. The van der Waals surface area contributed by atoms with Crippen LogP contribution in [0, 0.1) is 12.7 Å². The van der Waals surface area contributed by atoms with Gasteiger partial charge in [-0.05, 0) is 63.2 Å². The quantitative estimate of drug-likeness (QED) is 0.708. The van der Waals surface area contributed by atoms with E-state index < -0.39 is 0 Å². The predicted octanol–water partition coefficient (Wildman–Crippen LogP) is 4.00. The molecule has 0 bridgehead atoms. The van der Waals surface area contributed by atoms with Crippen LogP contribution in [0.5, 0.6) is 0 Å². The summed E-state index contributed by atoms with van der Waals surface area (Å²) in [5, 5.41) is 6.93. The molecule has 2 aromatic carbocycles. The monoisotopic (exact) mass is 394 g/mol. The number of benzene rings is 2. The number of aromatic nitrogens is 2. The maximum absolute atomic E-state index is 13.0. The van der Waals surface area contributed by atoms with Gasteiger partial charge in [0.2, 0.25) is 17.6 Å². The number of likely N-dealkylation sites (tertiary alicyclic amines) is 1. The van der Waals surface area contributed by atoms with Crippen molar-refractivity contribution in [3.8, 4) is 11.4 Å². The number of rotatable bonds is 5. The number of nitrogens with zero attached hydrogens (tertiary/aromatic N) is 3. The van der Waals surface area contributed by atoms with Crippen molar-refractivity contribution in [3.05, 3.63) is 65.8 Å². The number of carbonyl (C=O) groups excluding carboxylic acids is 1. The Balaban J connectivity index is 1.29. The van der Waals surface area contributed by atoms with Crippen molar-refractivity contribution >= 4 is 11.6 Å². The Morgan fingerprint density at radius 1 is 1.21 bits per heavy atom. The zero-order valence-electron chi connectivity index (χ0n) is 16.3. The normalized spacial score (nSPS) is 15.4. The molecule has 29 heavy (non-hydrogen) atoms. The van der Waals surface area contributed by atoms with Gasteiger partial charge in [0, 0.05) is 17.2 Å². The first-order valence-electron chi connectivity index (χ1n) is 9.75. The number of hydrogen-bond acceptors (Lipinski definition) is 5. The summed E-state index contributed by atoms with van der Waals surface area (Å²) in [6, 6.07) is 13.8. The molecule has 6 nitrogen and oxygen atoms in total. The summed E-state index contributed by atoms with van der Waals surface area (Å²) in [5.74, 6) is 1.06. The molecular formula is C22H23FN4O2. The van der Waals surface area contributed by atoms with E-state index in [1.165, 1.54) is 12.1 Å². The van der Waals surface area contributed by atoms with Gasteiger partial charge in [-0.3, -0.25) is 9.69 Å². The molecule has 3 aromatic rings. The van der Waals surface area contributed by atoms with Crippen molar-refractivity contribution < 1.29 is 13.7 Å². The highest BCUT2D eigenvalue weighted by molar-refractivity contribution is 5.92. The lowest BCUT2D eigenvalue weighted by molar-refractivity contribution is -0.117. The first-order valence-corrected chi connectivity index (χ1v) is 9.75. The molecular weight excluding hydrogens is 371 g/mol. The van der Waals surface area contributed by atoms with Crippen LogP contribution in [0.2, 0.25) is 0 Å². The van der Waals surface area contributed by atoms with E-state index >= 15 is 0 Å². The van der Waals surface area contributed by atoms with E-state index in [0.29, 0.717) is 23.9 Å². The molecule has 1 N–H and O–H groups in total. The number of hydrogen-bond donors (Lipinski definition) is 1. The predicted molar refractivity (Wildman–Crippen MR) is 108 cm³/mol. The van der Waals surface area contributed by atoms with Crippen LogP contribution < -0.4 is 5.32 Å². The van der Waals surface area contributed by atoms with E-state index in [2.05, 4.69) is 20.4 Å². The Morgan fingerprint density at radius 3 is 2.69 bits per heavy atom. The van der Waals surface area contributed by atoms with Gasteiger partial charge in [-0.1, -0.05) is 28.9 Å². The van der Waals surface area contributed by atoms with E-state index in [1.807, 2.05) is 31.2 Å². The van der Waals surface area contributed by atoms with Crippen molar-refractivity contribution in [2.24, 2.45) is 0 Å². The largest absolute Gasteiger partial charge is 0.339 e. The molecule has 0 spiro atoms. The second kappa shape index (κ2) is 8.53. The van der Waals surface area contributed by atoms with Crippen molar-refractivity contribution in [2.75, 3.05) is 25.0 Å². The molecule has 0 aliphatic carbocycles. The van der Waals surface area contributed by atoms with Gasteiger partial charge >= 0.3 is 0 Å². The van der Waals surface area contributed by atoms with Crippen LogP contribution in [0.15, 0.2) is 53.1 Å². The first kappa shape index (κ1) is 19.3. The third-order valence-corrected chi connectivity index (χ3v) is 5.15. The van der Waals surface area contributed by atoms with Crippen LogP contribution in [0.3, 0.4) is 0 Å². The molecule has 1 aliphatic heterocycles. The van der Waals surface area contributed by atoms with Gasteiger partial charge < -0.3 is 9.84 Å².